The zero-order chi connectivity index (χ0) is 24.9. The van der Waals surface area contributed by atoms with E-state index in [2.05, 4.69) is 15.3 Å². The summed E-state index contributed by atoms with van der Waals surface area (Å²) in [6, 6.07) is 12.8. The molecule has 0 aliphatic heterocycles. The van der Waals surface area contributed by atoms with Gasteiger partial charge in [-0.2, -0.15) is 0 Å². The van der Waals surface area contributed by atoms with Crippen molar-refractivity contribution in [3.63, 3.8) is 0 Å². The van der Waals surface area contributed by atoms with Crippen LogP contribution in [0.5, 0.6) is 0 Å². The van der Waals surface area contributed by atoms with Crippen LogP contribution in [0, 0.1) is 24.4 Å². The van der Waals surface area contributed by atoms with Gasteiger partial charge in [-0.3, -0.25) is 19.5 Å². The molecule has 4 aromatic rings. The highest BCUT2D eigenvalue weighted by Gasteiger charge is 2.34. The highest BCUT2D eigenvalue weighted by molar-refractivity contribution is 6.11. The van der Waals surface area contributed by atoms with E-state index in [-0.39, 0.29) is 22.6 Å². The fourth-order valence-electron chi connectivity index (χ4n) is 3.45. The number of aromatic nitrogens is 2. The molecule has 1 aromatic heterocycles. The van der Waals surface area contributed by atoms with Crippen molar-refractivity contribution in [3.05, 3.63) is 120 Å². The summed E-state index contributed by atoms with van der Waals surface area (Å²) in [6.45, 7) is 1.56. The number of nitrogens with one attached hydrogen (secondary N) is 1. The number of amides is 2. The highest BCUT2D eigenvalue weighted by Crippen LogP contribution is 2.31. The van der Waals surface area contributed by atoms with Gasteiger partial charge in [0.25, 0.3) is 11.8 Å². The molecular formula is C26H19F3N4O2. The Labute approximate surface area is 199 Å². The first kappa shape index (κ1) is 23.6. The molecule has 0 aliphatic carbocycles. The molecule has 3 aromatic carbocycles. The number of halogens is 3. The SMILES string of the molecule is Cc1ccc(N(C(=O)c2cnccn2)C(C(=O)Nc2ccc(F)cc2)c2ccc(F)cc2)cc1F. The molecule has 1 N–H and O–H groups in total. The third-order valence-electron chi connectivity index (χ3n) is 5.24. The maximum Gasteiger partial charge on any atom is 0.279 e. The molecule has 1 heterocycles. The second kappa shape index (κ2) is 10.2. The molecule has 4 rings (SSSR count). The Morgan fingerprint density at radius 2 is 1.54 bits per heavy atom. The molecule has 2 amide bonds. The van der Waals surface area contributed by atoms with Gasteiger partial charge in [0, 0.05) is 23.8 Å². The average molecular weight is 476 g/mol. The Morgan fingerprint density at radius 3 is 2.14 bits per heavy atom. The Kier molecular flexibility index (Phi) is 6.86. The van der Waals surface area contributed by atoms with E-state index in [1.165, 1.54) is 67.1 Å². The van der Waals surface area contributed by atoms with Crippen LogP contribution in [0.2, 0.25) is 0 Å². The van der Waals surface area contributed by atoms with Gasteiger partial charge >= 0.3 is 0 Å². The van der Waals surface area contributed by atoms with Crippen LogP contribution >= 0.6 is 0 Å². The number of hydrogen-bond acceptors (Lipinski definition) is 4. The van der Waals surface area contributed by atoms with Crippen molar-refractivity contribution < 1.29 is 22.8 Å². The normalized spacial score (nSPS) is 11.5. The van der Waals surface area contributed by atoms with Crippen LogP contribution in [0.15, 0.2) is 85.3 Å². The van der Waals surface area contributed by atoms with Crippen LogP contribution < -0.4 is 10.2 Å². The van der Waals surface area contributed by atoms with Crippen molar-refractivity contribution in [2.45, 2.75) is 13.0 Å². The van der Waals surface area contributed by atoms with Crippen molar-refractivity contribution in [1.82, 2.24) is 9.97 Å². The Hall–Kier alpha value is -4.53. The van der Waals surface area contributed by atoms with Crippen LogP contribution in [0.1, 0.15) is 27.7 Å². The van der Waals surface area contributed by atoms with Crippen LogP contribution in [0.4, 0.5) is 24.5 Å². The fraction of sp³-hybridized carbons (Fsp3) is 0.0769. The third kappa shape index (κ3) is 5.35. The molecule has 9 heteroatoms. The summed E-state index contributed by atoms with van der Waals surface area (Å²) in [5, 5.41) is 2.64. The first-order valence-electron chi connectivity index (χ1n) is 10.5. The van der Waals surface area contributed by atoms with Crippen LogP contribution in [0.3, 0.4) is 0 Å². The molecule has 1 atom stereocenters. The fourth-order valence-corrected chi connectivity index (χ4v) is 3.45. The lowest BCUT2D eigenvalue weighted by atomic mass is 10.0. The summed E-state index contributed by atoms with van der Waals surface area (Å²) in [7, 11) is 0. The van der Waals surface area contributed by atoms with Gasteiger partial charge in [0.05, 0.1) is 6.20 Å². The minimum absolute atomic E-state index is 0.0762. The van der Waals surface area contributed by atoms with E-state index in [9.17, 15) is 22.8 Å². The molecule has 1 unspecified atom stereocenters. The Balaban J connectivity index is 1.86. The van der Waals surface area contributed by atoms with E-state index in [0.29, 0.717) is 5.56 Å². The molecule has 0 spiro atoms. The topological polar surface area (TPSA) is 75.2 Å². The standard InChI is InChI=1S/C26H19F3N4O2/c1-16-2-11-21(14-22(16)29)33(26(35)23-15-30-12-13-31-23)24(17-3-5-18(27)6-4-17)25(34)32-20-9-7-19(28)8-10-20/h2-15,24H,1H3,(H,32,34). The Morgan fingerprint density at radius 1 is 0.886 bits per heavy atom. The van der Waals surface area contributed by atoms with Gasteiger partial charge < -0.3 is 5.32 Å². The van der Waals surface area contributed by atoms with Gasteiger partial charge in [0.15, 0.2) is 0 Å². The van der Waals surface area contributed by atoms with Crippen LogP contribution in [-0.2, 0) is 4.79 Å². The second-order valence-corrected chi connectivity index (χ2v) is 7.65. The first-order valence-corrected chi connectivity index (χ1v) is 10.5. The molecule has 0 bridgehead atoms. The quantitative estimate of drug-likeness (QED) is 0.414. The number of hydrogen-bond donors (Lipinski definition) is 1. The van der Waals surface area contributed by atoms with E-state index >= 15 is 0 Å². The van der Waals surface area contributed by atoms with Gasteiger partial charge in [0.1, 0.15) is 29.2 Å². The van der Waals surface area contributed by atoms with E-state index < -0.39 is 35.3 Å². The predicted octanol–water partition coefficient (Wildman–Crippen LogP) is 5.23. The van der Waals surface area contributed by atoms with Gasteiger partial charge in [-0.25, -0.2) is 18.2 Å². The first-order chi connectivity index (χ1) is 16.8. The molecule has 0 aliphatic rings. The van der Waals surface area contributed by atoms with E-state index in [4.69, 9.17) is 0 Å². The number of anilines is 2. The molecule has 6 nitrogen and oxygen atoms in total. The zero-order valence-corrected chi connectivity index (χ0v) is 18.5. The number of carbonyl (C=O) groups is 2. The second-order valence-electron chi connectivity index (χ2n) is 7.65. The highest BCUT2D eigenvalue weighted by atomic mass is 19.1. The van der Waals surface area contributed by atoms with Gasteiger partial charge in [-0.1, -0.05) is 18.2 Å². The number of rotatable bonds is 6. The van der Waals surface area contributed by atoms with E-state index in [1.807, 2.05) is 0 Å². The Bertz CT molecular complexity index is 1350. The lowest BCUT2D eigenvalue weighted by Crippen LogP contribution is -2.42. The summed E-state index contributed by atoms with van der Waals surface area (Å²) >= 11 is 0. The van der Waals surface area contributed by atoms with Crippen molar-refractivity contribution in [1.29, 1.82) is 0 Å². The largest absolute Gasteiger partial charge is 0.324 e. The average Bonchev–Trinajstić information content (AvgIpc) is 2.86. The van der Waals surface area contributed by atoms with Gasteiger partial charge in [-0.15, -0.1) is 0 Å². The lowest BCUT2D eigenvalue weighted by Gasteiger charge is -2.31. The maximum atomic E-state index is 14.6. The minimum Gasteiger partial charge on any atom is -0.324 e. The van der Waals surface area contributed by atoms with Crippen molar-refractivity contribution in [2.24, 2.45) is 0 Å². The number of carbonyl (C=O) groups excluding carboxylic acids is 2. The smallest absolute Gasteiger partial charge is 0.279 e. The summed E-state index contributed by atoms with van der Waals surface area (Å²) in [5.74, 6) is -3.05. The van der Waals surface area contributed by atoms with E-state index in [1.54, 1.807) is 6.92 Å². The van der Waals surface area contributed by atoms with Crippen LogP contribution in [-0.4, -0.2) is 21.8 Å². The molecule has 0 saturated heterocycles. The number of benzene rings is 3. The van der Waals surface area contributed by atoms with Crippen molar-refractivity contribution in [3.8, 4) is 0 Å². The van der Waals surface area contributed by atoms with Gasteiger partial charge in [0.2, 0.25) is 0 Å². The molecule has 35 heavy (non-hydrogen) atoms. The minimum atomic E-state index is -1.36. The number of aryl methyl sites for hydroxylation is 1. The zero-order valence-electron chi connectivity index (χ0n) is 18.5. The maximum absolute atomic E-state index is 14.6. The monoisotopic (exact) mass is 476 g/mol. The molecule has 0 saturated carbocycles. The summed E-state index contributed by atoms with van der Waals surface area (Å²) < 4.78 is 41.6. The summed E-state index contributed by atoms with van der Waals surface area (Å²) in [6.07, 6.45) is 3.91. The summed E-state index contributed by atoms with van der Waals surface area (Å²) in [4.78, 5) is 36.2. The molecule has 176 valence electrons. The molecule has 0 fully saturated rings. The third-order valence-corrected chi connectivity index (χ3v) is 5.24. The summed E-state index contributed by atoms with van der Waals surface area (Å²) in [5.41, 5.74) is 0.854. The molecular weight excluding hydrogens is 457 g/mol. The number of nitrogens with zero attached hydrogens (tertiary/aromatic N) is 3. The van der Waals surface area contributed by atoms with E-state index in [0.717, 1.165) is 23.1 Å². The van der Waals surface area contributed by atoms with Crippen molar-refractivity contribution >= 4 is 23.2 Å². The predicted molar refractivity (Wildman–Crippen MR) is 124 cm³/mol. The van der Waals surface area contributed by atoms with Crippen molar-refractivity contribution in [2.75, 3.05) is 10.2 Å². The van der Waals surface area contributed by atoms with Gasteiger partial charge in [-0.05, 0) is 66.6 Å². The van der Waals surface area contributed by atoms with Crippen LogP contribution in [0.25, 0.3) is 0 Å². The molecule has 0 radical (unpaired) electrons. The lowest BCUT2D eigenvalue weighted by molar-refractivity contribution is -0.117.